The Morgan fingerprint density at radius 2 is 0.784 bits per heavy atom. The summed E-state index contributed by atoms with van der Waals surface area (Å²) in [6.45, 7) is 3.40. The number of halogens is 2. The molecule has 3 heteroatoms. The number of fused-ring (bicyclic) bond motifs is 3. The van der Waals surface area contributed by atoms with E-state index in [4.69, 9.17) is 0 Å². The van der Waals surface area contributed by atoms with Crippen LogP contribution in [0.25, 0.3) is 21.8 Å². The van der Waals surface area contributed by atoms with Crippen molar-refractivity contribution in [2.24, 2.45) is 0 Å². The molecule has 0 amide bonds. The molecule has 0 radical (unpaired) electrons. The van der Waals surface area contributed by atoms with E-state index in [-0.39, 0.29) is 0 Å². The van der Waals surface area contributed by atoms with Gasteiger partial charge in [0.25, 0.3) is 0 Å². The van der Waals surface area contributed by atoms with Gasteiger partial charge in [-0.1, -0.05) is 173 Å². The Labute approximate surface area is 244 Å². The summed E-state index contributed by atoms with van der Waals surface area (Å²) >= 11 is 7.35. The lowest BCUT2D eigenvalue weighted by Crippen LogP contribution is -1.98. The molecule has 206 valence electrons. The Bertz CT molecular complexity index is 962. The molecular formula is C34H51Br2N. The largest absolute Gasteiger partial charge is 0.340 e. The average Bonchev–Trinajstić information content (AvgIpc) is 3.19. The van der Waals surface area contributed by atoms with Crippen molar-refractivity contribution in [3.8, 4) is 0 Å². The van der Waals surface area contributed by atoms with E-state index in [1.54, 1.807) is 0 Å². The predicted octanol–water partition coefficient (Wildman–Crippen LogP) is 13.1. The van der Waals surface area contributed by atoms with E-state index < -0.39 is 0 Å². The van der Waals surface area contributed by atoms with Crippen LogP contribution in [0, 0.1) is 0 Å². The van der Waals surface area contributed by atoms with Crippen molar-refractivity contribution in [2.45, 2.75) is 142 Å². The monoisotopic (exact) mass is 631 g/mol. The fraction of sp³-hybridized carbons (Fsp3) is 0.647. The van der Waals surface area contributed by atoms with Crippen LogP contribution in [-0.2, 0) is 6.54 Å². The Balaban J connectivity index is 1.17. The van der Waals surface area contributed by atoms with Gasteiger partial charge in [-0.3, -0.25) is 0 Å². The van der Waals surface area contributed by atoms with Gasteiger partial charge in [-0.05, 0) is 30.7 Å². The average molecular weight is 634 g/mol. The zero-order valence-corrected chi connectivity index (χ0v) is 26.7. The number of aromatic nitrogens is 1. The van der Waals surface area contributed by atoms with Gasteiger partial charge in [-0.2, -0.15) is 0 Å². The van der Waals surface area contributed by atoms with Crippen molar-refractivity contribution in [3.63, 3.8) is 0 Å². The molecule has 0 fully saturated rings. The minimum atomic E-state index is 1.10. The molecule has 0 saturated carbocycles. The van der Waals surface area contributed by atoms with Crippen molar-refractivity contribution >= 4 is 53.7 Å². The maximum absolute atomic E-state index is 3.68. The lowest BCUT2D eigenvalue weighted by atomic mass is 10.0. The number of unbranched alkanes of at least 4 members (excludes halogenated alkanes) is 19. The molecule has 0 saturated heterocycles. The van der Waals surface area contributed by atoms with E-state index in [1.165, 1.54) is 150 Å². The highest BCUT2D eigenvalue weighted by Crippen LogP contribution is 2.33. The van der Waals surface area contributed by atoms with Gasteiger partial charge in [0.1, 0.15) is 0 Å². The van der Waals surface area contributed by atoms with Gasteiger partial charge in [0.2, 0.25) is 0 Å². The molecule has 0 aliphatic carbocycles. The van der Waals surface area contributed by atoms with Gasteiger partial charge in [0.05, 0.1) is 11.0 Å². The summed E-state index contributed by atoms with van der Waals surface area (Å²) in [4.78, 5) is 0. The first kappa shape index (κ1) is 30.7. The fourth-order valence-electron chi connectivity index (χ4n) is 5.81. The number of nitrogens with zero attached hydrogens (tertiary/aromatic N) is 1. The minimum Gasteiger partial charge on any atom is -0.340 e. The first-order valence-corrected chi connectivity index (χ1v) is 17.2. The highest BCUT2D eigenvalue weighted by atomic mass is 79.9. The van der Waals surface area contributed by atoms with E-state index in [0.717, 1.165) is 15.5 Å². The lowest BCUT2D eigenvalue weighted by molar-refractivity contribution is 0.518. The Morgan fingerprint density at radius 3 is 1.14 bits per heavy atom. The summed E-state index contributed by atoms with van der Waals surface area (Å²) in [6, 6.07) is 13.4. The zero-order valence-electron chi connectivity index (χ0n) is 23.5. The van der Waals surface area contributed by atoms with Gasteiger partial charge in [-0.15, -0.1) is 0 Å². The first-order chi connectivity index (χ1) is 18.2. The van der Waals surface area contributed by atoms with E-state index >= 15 is 0 Å². The second kappa shape index (κ2) is 18.5. The normalized spacial score (nSPS) is 11.8. The molecule has 1 nitrogen and oxygen atoms in total. The Morgan fingerprint density at radius 1 is 0.459 bits per heavy atom. The maximum atomic E-state index is 3.68. The minimum absolute atomic E-state index is 1.10. The molecule has 3 rings (SSSR count). The Hall–Kier alpha value is -0.800. The highest BCUT2D eigenvalue weighted by molar-refractivity contribution is 9.10. The predicted molar refractivity (Wildman–Crippen MR) is 173 cm³/mol. The highest BCUT2D eigenvalue weighted by Gasteiger charge is 2.11. The molecule has 37 heavy (non-hydrogen) atoms. The summed E-state index contributed by atoms with van der Waals surface area (Å²) < 4.78 is 4.84. The molecule has 3 aromatic rings. The molecule has 0 unspecified atom stereocenters. The van der Waals surface area contributed by atoms with Gasteiger partial charge in [0, 0.05) is 26.3 Å². The lowest BCUT2D eigenvalue weighted by Gasteiger charge is -2.08. The summed E-state index contributed by atoms with van der Waals surface area (Å²) in [5.41, 5.74) is 2.69. The van der Waals surface area contributed by atoms with Crippen molar-refractivity contribution in [1.82, 2.24) is 4.57 Å². The standard InChI is InChI=1S/C34H51Br2N/c1-2-3-4-5-6-7-8-9-10-11-12-13-14-15-16-17-18-19-20-21-26-37-33-27-29(35)22-24-31(33)32-25-23-30(36)28-34(32)37/h22-25,27-28H,2-21,26H2,1H3. The van der Waals surface area contributed by atoms with Crippen molar-refractivity contribution in [1.29, 1.82) is 0 Å². The van der Waals surface area contributed by atoms with Crippen LogP contribution < -0.4 is 0 Å². The summed E-state index contributed by atoms with van der Waals surface area (Å²) in [6.07, 6.45) is 28.6. The van der Waals surface area contributed by atoms with Crippen LogP contribution in [0.4, 0.5) is 0 Å². The fourth-order valence-corrected chi connectivity index (χ4v) is 6.51. The van der Waals surface area contributed by atoms with E-state index in [1.807, 2.05) is 0 Å². The molecule has 0 N–H and O–H groups in total. The maximum Gasteiger partial charge on any atom is 0.0502 e. The molecule has 0 spiro atoms. The van der Waals surface area contributed by atoms with Crippen LogP contribution in [0.1, 0.15) is 135 Å². The van der Waals surface area contributed by atoms with Crippen molar-refractivity contribution in [3.05, 3.63) is 45.3 Å². The molecular weight excluding hydrogens is 582 g/mol. The van der Waals surface area contributed by atoms with E-state index in [2.05, 4.69) is 79.7 Å². The zero-order chi connectivity index (χ0) is 26.1. The number of hydrogen-bond donors (Lipinski definition) is 0. The molecule has 2 aromatic carbocycles. The molecule has 0 atom stereocenters. The number of rotatable bonds is 21. The third-order valence-corrected chi connectivity index (χ3v) is 9.01. The number of aryl methyl sites for hydroxylation is 1. The van der Waals surface area contributed by atoms with E-state index in [0.29, 0.717) is 0 Å². The topological polar surface area (TPSA) is 4.93 Å². The van der Waals surface area contributed by atoms with Crippen LogP contribution in [0.3, 0.4) is 0 Å². The molecule has 0 bridgehead atoms. The second-order valence-corrected chi connectivity index (χ2v) is 13.0. The van der Waals surface area contributed by atoms with Crippen molar-refractivity contribution < 1.29 is 0 Å². The van der Waals surface area contributed by atoms with Crippen LogP contribution in [-0.4, -0.2) is 4.57 Å². The number of hydrogen-bond acceptors (Lipinski definition) is 0. The quantitative estimate of drug-likeness (QED) is 0.103. The first-order valence-electron chi connectivity index (χ1n) is 15.6. The third kappa shape index (κ3) is 11.1. The SMILES string of the molecule is CCCCCCCCCCCCCCCCCCCCCCn1c2cc(Br)ccc2c2ccc(Br)cc21. The van der Waals surface area contributed by atoms with Gasteiger partial charge in [0.15, 0.2) is 0 Å². The van der Waals surface area contributed by atoms with Gasteiger partial charge in [-0.25, -0.2) is 0 Å². The smallest absolute Gasteiger partial charge is 0.0502 e. The molecule has 1 heterocycles. The molecule has 0 aliphatic heterocycles. The Kier molecular flexibility index (Phi) is 15.4. The van der Waals surface area contributed by atoms with Crippen LogP contribution in [0.5, 0.6) is 0 Å². The van der Waals surface area contributed by atoms with Gasteiger partial charge >= 0.3 is 0 Å². The second-order valence-electron chi connectivity index (χ2n) is 11.2. The van der Waals surface area contributed by atoms with Crippen LogP contribution in [0.2, 0.25) is 0 Å². The van der Waals surface area contributed by atoms with Gasteiger partial charge < -0.3 is 4.57 Å². The summed E-state index contributed by atoms with van der Waals surface area (Å²) in [7, 11) is 0. The van der Waals surface area contributed by atoms with E-state index in [9.17, 15) is 0 Å². The number of benzene rings is 2. The summed E-state index contributed by atoms with van der Waals surface area (Å²) in [5.74, 6) is 0. The summed E-state index contributed by atoms with van der Waals surface area (Å²) in [5, 5.41) is 2.72. The molecule has 1 aromatic heterocycles. The van der Waals surface area contributed by atoms with Crippen LogP contribution >= 0.6 is 31.9 Å². The van der Waals surface area contributed by atoms with Crippen LogP contribution in [0.15, 0.2) is 45.3 Å². The molecule has 0 aliphatic rings. The van der Waals surface area contributed by atoms with Crippen molar-refractivity contribution in [2.75, 3.05) is 0 Å². The third-order valence-electron chi connectivity index (χ3n) is 8.03.